The summed E-state index contributed by atoms with van der Waals surface area (Å²) >= 11 is 12.1. The van der Waals surface area contributed by atoms with Gasteiger partial charge in [0.25, 0.3) is 0 Å². The van der Waals surface area contributed by atoms with Gasteiger partial charge in [0.05, 0.1) is 0 Å². The highest BCUT2D eigenvalue weighted by molar-refractivity contribution is 6.33. The minimum Gasteiger partial charge on any atom is -0.320 e. The van der Waals surface area contributed by atoms with Crippen LogP contribution in [-0.2, 0) is 6.42 Å². The van der Waals surface area contributed by atoms with Crippen LogP contribution < -0.4 is 5.32 Å². The number of nitrogens with one attached hydrogen (secondary N) is 1. The third-order valence-electron chi connectivity index (χ3n) is 3.13. The Balaban J connectivity index is 2.57. The van der Waals surface area contributed by atoms with E-state index in [-0.39, 0.29) is 0 Å². The quantitative estimate of drug-likeness (QED) is 0.801. The van der Waals surface area contributed by atoms with Gasteiger partial charge in [-0.25, -0.2) is 0 Å². The predicted molar refractivity (Wildman–Crippen MR) is 77.1 cm³/mol. The highest BCUT2D eigenvalue weighted by atomic mass is 35.5. The topological polar surface area (TPSA) is 12.0 Å². The van der Waals surface area contributed by atoms with Gasteiger partial charge in [0.1, 0.15) is 0 Å². The lowest BCUT2D eigenvalue weighted by Crippen LogP contribution is -2.20. The number of halogens is 2. The van der Waals surface area contributed by atoms with Crippen LogP contribution in [0.2, 0.25) is 10.0 Å². The molecule has 1 aromatic carbocycles. The summed E-state index contributed by atoms with van der Waals surface area (Å²) in [6.45, 7) is 5.64. The SMILES string of the molecule is CNCCC(C)(C)CCc1cc(Cl)ccc1Cl. The summed E-state index contributed by atoms with van der Waals surface area (Å²) in [5, 5.41) is 4.78. The smallest absolute Gasteiger partial charge is 0.0439 e. The summed E-state index contributed by atoms with van der Waals surface area (Å²) < 4.78 is 0. The van der Waals surface area contributed by atoms with Gasteiger partial charge in [-0.15, -0.1) is 0 Å². The van der Waals surface area contributed by atoms with Crippen molar-refractivity contribution in [2.24, 2.45) is 5.41 Å². The Morgan fingerprint density at radius 1 is 1.18 bits per heavy atom. The molecule has 17 heavy (non-hydrogen) atoms. The number of aryl methyl sites for hydroxylation is 1. The standard InChI is InChI=1S/C14H21Cl2N/c1-14(2,8-9-17-3)7-6-11-10-12(15)4-5-13(11)16/h4-5,10,17H,6-9H2,1-3H3. The van der Waals surface area contributed by atoms with E-state index < -0.39 is 0 Å². The van der Waals surface area contributed by atoms with Crippen molar-refractivity contribution in [1.82, 2.24) is 5.32 Å². The molecule has 0 spiro atoms. The lowest BCUT2D eigenvalue weighted by Gasteiger charge is -2.24. The molecule has 0 bridgehead atoms. The van der Waals surface area contributed by atoms with Crippen molar-refractivity contribution in [3.63, 3.8) is 0 Å². The van der Waals surface area contributed by atoms with Crippen molar-refractivity contribution in [3.8, 4) is 0 Å². The molecule has 1 nitrogen and oxygen atoms in total. The predicted octanol–water partition coefficient (Wildman–Crippen LogP) is 4.56. The van der Waals surface area contributed by atoms with Crippen molar-refractivity contribution in [3.05, 3.63) is 33.8 Å². The zero-order valence-corrected chi connectivity index (χ0v) is 12.3. The van der Waals surface area contributed by atoms with Gasteiger partial charge >= 0.3 is 0 Å². The molecule has 0 aliphatic carbocycles. The summed E-state index contributed by atoms with van der Waals surface area (Å²) in [6, 6.07) is 5.68. The van der Waals surface area contributed by atoms with E-state index in [0.717, 1.165) is 35.0 Å². The molecule has 0 aromatic heterocycles. The number of rotatable bonds is 6. The fourth-order valence-electron chi connectivity index (χ4n) is 1.80. The van der Waals surface area contributed by atoms with Crippen molar-refractivity contribution in [1.29, 1.82) is 0 Å². The molecule has 0 saturated heterocycles. The molecule has 0 saturated carbocycles. The molecule has 0 unspecified atom stereocenters. The van der Waals surface area contributed by atoms with Crippen LogP contribution in [0.25, 0.3) is 0 Å². The second-order valence-electron chi connectivity index (χ2n) is 5.25. The lowest BCUT2D eigenvalue weighted by molar-refractivity contribution is 0.306. The Bertz CT molecular complexity index is 361. The Morgan fingerprint density at radius 3 is 2.53 bits per heavy atom. The number of hydrogen-bond donors (Lipinski definition) is 1. The third-order valence-corrected chi connectivity index (χ3v) is 3.73. The molecule has 0 atom stereocenters. The van der Waals surface area contributed by atoms with Crippen LogP contribution in [0, 0.1) is 5.41 Å². The van der Waals surface area contributed by atoms with E-state index in [1.807, 2.05) is 25.2 Å². The maximum Gasteiger partial charge on any atom is 0.0439 e. The Labute approximate surface area is 115 Å². The molecule has 1 N–H and O–H groups in total. The molecule has 0 heterocycles. The van der Waals surface area contributed by atoms with Crippen LogP contribution in [0.5, 0.6) is 0 Å². The minimum absolute atomic E-state index is 0.328. The first-order valence-corrected chi connectivity index (χ1v) is 6.79. The monoisotopic (exact) mass is 273 g/mol. The zero-order valence-electron chi connectivity index (χ0n) is 10.8. The Hall–Kier alpha value is -0.240. The van der Waals surface area contributed by atoms with E-state index in [2.05, 4.69) is 19.2 Å². The van der Waals surface area contributed by atoms with Crippen molar-refractivity contribution in [2.45, 2.75) is 33.1 Å². The molecule has 3 heteroatoms. The second-order valence-corrected chi connectivity index (χ2v) is 6.10. The maximum atomic E-state index is 6.16. The molecule has 0 aliphatic rings. The van der Waals surface area contributed by atoms with Gasteiger partial charge in [0.2, 0.25) is 0 Å². The fourth-order valence-corrected chi connectivity index (χ4v) is 2.20. The van der Waals surface area contributed by atoms with Gasteiger partial charge < -0.3 is 5.32 Å². The van der Waals surface area contributed by atoms with E-state index in [1.165, 1.54) is 6.42 Å². The second kappa shape index (κ2) is 6.63. The van der Waals surface area contributed by atoms with E-state index in [1.54, 1.807) is 0 Å². The lowest BCUT2D eigenvalue weighted by atomic mass is 9.83. The third kappa shape index (κ3) is 5.29. The van der Waals surface area contributed by atoms with Gasteiger partial charge in [-0.05, 0) is 62.0 Å². The first-order chi connectivity index (χ1) is 7.94. The molecular weight excluding hydrogens is 253 g/mol. The molecule has 0 amide bonds. The van der Waals surface area contributed by atoms with Gasteiger partial charge in [-0.2, -0.15) is 0 Å². The van der Waals surface area contributed by atoms with Gasteiger partial charge in [-0.3, -0.25) is 0 Å². The van der Waals surface area contributed by atoms with Crippen molar-refractivity contribution < 1.29 is 0 Å². The molecule has 1 rings (SSSR count). The van der Waals surface area contributed by atoms with Gasteiger partial charge in [0.15, 0.2) is 0 Å². The van der Waals surface area contributed by atoms with E-state index in [4.69, 9.17) is 23.2 Å². The summed E-state index contributed by atoms with van der Waals surface area (Å²) in [5.74, 6) is 0. The average Bonchev–Trinajstić information content (AvgIpc) is 2.28. The molecular formula is C14H21Cl2N. The summed E-state index contributed by atoms with van der Waals surface area (Å²) in [4.78, 5) is 0. The molecule has 0 aliphatic heterocycles. The van der Waals surface area contributed by atoms with Gasteiger partial charge in [-0.1, -0.05) is 37.0 Å². The maximum absolute atomic E-state index is 6.16. The molecule has 0 fully saturated rings. The van der Waals surface area contributed by atoms with Crippen LogP contribution in [-0.4, -0.2) is 13.6 Å². The fraction of sp³-hybridized carbons (Fsp3) is 0.571. The molecule has 0 radical (unpaired) electrons. The highest BCUT2D eigenvalue weighted by Gasteiger charge is 2.17. The highest BCUT2D eigenvalue weighted by Crippen LogP contribution is 2.29. The largest absolute Gasteiger partial charge is 0.320 e. The van der Waals surface area contributed by atoms with Gasteiger partial charge in [0, 0.05) is 10.0 Å². The van der Waals surface area contributed by atoms with Crippen LogP contribution in [0.4, 0.5) is 0 Å². The summed E-state index contributed by atoms with van der Waals surface area (Å²) in [6.07, 6.45) is 3.27. The first kappa shape index (κ1) is 14.8. The van der Waals surface area contributed by atoms with Crippen molar-refractivity contribution in [2.75, 3.05) is 13.6 Å². The summed E-state index contributed by atoms with van der Waals surface area (Å²) in [7, 11) is 1.99. The van der Waals surface area contributed by atoms with E-state index >= 15 is 0 Å². The molecule has 96 valence electrons. The van der Waals surface area contributed by atoms with Crippen LogP contribution in [0.1, 0.15) is 32.3 Å². The summed E-state index contributed by atoms with van der Waals surface area (Å²) in [5.41, 5.74) is 1.48. The van der Waals surface area contributed by atoms with E-state index in [9.17, 15) is 0 Å². The average molecular weight is 274 g/mol. The molecule has 1 aromatic rings. The zero-order chi connectivity index (χ0) is 12.9. The van der Waals surface area contributed by atoms with Crippen LogP contribution >= 0.6 is 23.2 Å². The van der Waals surface area contributed by atoms with Crippen molar-refractivity contribution >= 4 is 23.2 Å². The normalized spacial score (nSPS) is 11.8. The van der Waals surface area contributed by atoms with E-state index in [0.29, 0.717) is 5.41 Å². The Morgan fingerprint density at radius 2 is 1.88 bits per heavy atom. The van der Waals surface area contributed by atoms with Crippen LogP contribution in [0.15, 0.2) is 18.2 Å². The number of benzene rings is 1. The van der Waals surface area contributed by atoms with Crippen LogP contribution in [0.3, 0.4) is 0 Å². The Kier molecular flexibility index (Phi) is 5.78. The minimum atomic E-state index is 0.328. The number of hydrogen-bond acceptors (Lipinski definition) is 1. The first-order valence-electron chi connectivity index (χ1n) is 6.03.